The van der Waals surface area contributed by atoms with Crippen molar-refractivity contribution in [3.63, 3.8) is 0 Å². The zero-order valence-electron chi connectivity index (χ0n) is 15.7. The zero-order chi connectivity index (χ0) is 19.6. The highest BCUT2D eigenvalue weighted by molar-refractivity contribution is 7.87. The Kier molecular flexibility index (Phi) is 3.75. The van der Waals surface area contributed by atoms with Crippen molar-refractivity contribution in [2.75, 3.05) is 7.11 Å². The van der Waals surface area contributed by atoms with Gasteiger partial charge in [-0.3, -0.25) is 13.8 Å². The molecule has 0 radical (unpaired) electrons. The van der Waals surface area contributed by atoms with Gasteiger partial charge in [-0.1, -0.05) is 42.0 Å². The van der Waals surface area contributed by atoms with Crippen LogP contribution < -0.4 is 4.74 Å². The van der Waals surface area contributed by atoms with Crippen LogP contribution in [-0.4, -0.2) is 27.6 Å². The van der Waals surface area contributed by atoms with Gasteiger partial charge in [0, 0.05) is 16.4 Å². The van der Waals surface area contributed by atoms with E-state index in [9.17, 15) is 13.8 Å². The Balaban J connectivity index is 1.77. The average Bonchev–Trinajstić information content (AvgIpc) is 3.32. The van der Waals surface area contributed by atoms with E-state index in [1.165, 1.54) is 7.11 Å². The van der Waals surface area contributed by atoms with Gasteiger partial charge in [0.2, 0.25) is 0 Å². The van der Waals surface area contributed by atoms with E-state index < -0.39 is 21.5 Å². The van der Waals surface area contributed by atoms with Gasteiger partial charge in [-0.2, -0.15) is 0 Å². The van der Waals surface area contributed by atoms with E-state index >= 15 is 0 Å². The minimum Gasteiger partial charge on any atom is -0.496 e. The Morgan fingerprint density at radius 1 is 1.07 bits per heavy atom. The summed E-state index contributed by atoms with van der Waals surface area (Å²) in [4.78, 5) is 28.1. The molecular formula is C23H20O4S. The third-order valence-corrected chi connectivity index (χ3v) is 8.53. The molecule has 0 saturated heterocycles. The largest absolute Gasteiger partial charge is 0.496 e. The van der Waals surface area contributed by atoms with Gasteiger partial charge in [0.15, 0.2) is 11.6 Å². The number of rotatable bonds is 3. The molecule has 1 fully saturated rings. The summed E-state index contributed by atoms with van der Waals surface area (Å²) >= 11 is 0. The summed E-state index contributed by atoms with van der Waals surface area (Å²) < 4.78 is 18.1. The molecule has 142 valence electrons. The second-order valence-electron chi connectivity index (χ2n) is 7.82. The van der Waals surface area contributed by atoms with Crippen molar-refractivity contribution >= 4 is 22.4 Å². The number of fused-ring (bicyclic) bond motifs is 6. The molecule has 5 heteroatoms. The number of ketones is 2. The SMILES string of the molecule is COc1cccc2c1C(=O)[C@]1(S(=O)c3ccc(C)cc3)[C@@H]3C=C[C@@H](C3)[C@@H]1C2=O. The Labute approximate surface area is 166 Å². The van der Waals surface area contributed by atoms with Crippen LogP contribution in [0.25, 0.3) is 0 Å². The number of benzene rings is 2. The van der Waals surface area contributed by atoms with Crippen LogP contribution in [0.4, 0.5) is 0 Å². The van der Waals surface area contributed by atoms with E-state index in [-0.39, 0.29) is 29.0 Å². The maximum atomic E-state index is 14.0. The summed E-state index contributed by atoms with van der Waals surface area (Å²) in [7, 11) is -0.160. The highest BCUT2D eigenvalue weighted by Gasteiger charge is 2.69. The number of allylic oxidation sites excluding steroid dienone is 2. The van der Waals surface area contributed by atoms with Crippen LogP contribution in [0.1, 0.15) is 32.7 Å². The summed E-state index contributed by atoms with van der Waals surface area (Å²) in [6.45, 7) is 1.96. The third kappa shape index (κ3) is 2.03. The highest BCUT2D eigenvalue weighted by Crippen LogP contribution is 2.59. The van der Waals surface area contributed by atoms with Gasteiger partial charge in [-0.25, -0.2) is 0 Å². The molecule has 28 heavy (non-hydrogen) atoms. The van der Waals surface area contributed by atoms with Crippen molar-refractivity contribution in [2.45, 2.75) is 23.0 Å². The molecule has 3 aliphatic rings. The summed E-state index contributed by atoms with van der Waals surface area (Å²) in [5.74, 6) is -0.779. The number of aryl methyl sites for hydroxylation is 1. The standard InChI is InChI=1S/C23H20O4S/c1-13-6-10-16(11-7-13)28(26)23-15-9-8-14(12-15)20(23)21(24)17-4-3-5-18(27-2)19(17)22(23)25/h3-11,14-15,20H,12H2,1-2H3/t14-,15+,20+,23-,28?/m0/s1. The fraction of sp³-hybridized carbons (Fsp3) is 0.304. The molecule has 0 aliphatic heterocycles. The first kappa shape index (κ1) is 17.6. The second-order valence-corrected chi connectivity index (χ2v) is 9.50. The Hall–Kier alpha value is -2.53. The van der Waals surface area contributed by atoms with Gasteiger partial charge in [0.1, 0.15) is 10.5 Å². The molecule has 4 nitrogen and oxygen atoms in total. The minimum atomic E-state index is -1.65. The molecule has 2 aromatic carbocycles. The van der Waals surface area contributed by atoms with E-state index in [0.717, 1.165) is 5.56 Å². The first-order valence-corrected chi connectivity index (χ1v) is 10.6. The van der Waals surface area contributed by atoms with E-state index in [1.54, 1.807) is 18.2 Å². The lowest BCUT2D eigenvalue weighted by molar-refractivity contribution is 0.0749. The summed E-state index contributed by atoms with van der Waals surface area (Å²) in [5.41, 5.74) is 1.74. The Bertz CT molecular complexity index is 1070. The Morgan fingerprint density at radius 2 is 1.82 bits per heavy atom. The van der Waals surface area contributed by atoms with Crippen LogP contribution in [0.5, 0.6) is 5.75 Å². The van der Waals surface area contributed by atoms with Crippen molar-refractivity contribution in [3.8, 4) is 5.75 Å². The normalized spacial score (nSPS) is 30.9. The number of carbonyl (C=O) groups excluding carboxylic acids is 2. The Morgan fingerprint density at radius 3 is 2.54 bits per heavy atom. The molecule has 3 aliphatic carbocycles. The van der Waals surface area contributed by atoms with Crippen LogP contribution >= 0.6 is 0 Å². The fourth-order valence-corrected chi connectivity index (χ4v) is 7.24. The van der Waals surface area contributed by atoms with Gasteiger partial charge >= 0.3 is 0 Å². The molecule has 0 spiro atoms. The quantitative estimate of drug-likeness (QED) is 0.747. The summed E-state index contributed by atoms with van der Waals surface area (Å²) in [6.07, 6.45) is 4.70. The monoisotopic (exact) mass is 392 g/mol. The van der Waals surface area contributed by atoms with Crippen molar-refractivity contribution in [1.82, 2.24) is 0 Å². The van der Waals surface area contributed by atoms with E-state index in [0.29, 0.717) is 22.6 Å². The topological polar surface area (TPSA) is 60.4 Å². The molecule has 0 amide bonds. The van der Waals surface area contributed by atoms with Gasteiger partial charge in [0.25, 0.3) is 0 Å². The number of carbonyl (C=O) groups is 2. The number of ether oxygens (including phenoxy) is 1. The van der Waals surface area contributed by atoms with Gasteiger partial charge < -0.3 is 4.74 Å². The lowest BCUT2D eigenvalue weighted by atomic mass is 9.68. The third-order valence-electron chi connectivity index (χ3n) is 6.48. The van der Waals surface area contributed by atoms with Gasteiger partial charge in [-0.05, 0) is 37.5 Å². The molecule has 0 N–H and O–H groups in total. The molecular weight excluding hydrogens is 372 g/mol. The highest BCUT2D eigenvalue weighted by atomic mass is 32.2. The first-order valence-electron chi connectivity index (χ1n) is 9.43. The molecule has 5 atom stereocenters. The van der Waals surface area contributed by atoms with Gasteiger partial charge in [0.05, 0.1) is 29.4 Å². The number of Topliss-reactive ketones (excluding diaryl/α,β-unsaturated/α-hetero) is 2. The van der Waals surface area contributed by atoms with Crippen LogP contribution in [0, 0.1) is 24.7 Å². The van der Waals surface area contributed by atoms with Crippen molar-refractivity contribution in [3.05, 3.63) is 71.3 Å². The van der Waals surface area contributed by atoms with Crippen LogP contribution in [-0.2, 0) is 10.8 Å². The first-order chi connectivity index (χ1) is 13.5. The smallest absolute Gasteiger partial charge is 0.187 e. The minimum absolute atomic E-state index is 0.0461. The maximum absolute atomic E-state index is 14.0. The molecule has 2 aromatic rings. The molecule has 0 aromatic heterocycles. The van der Waals surface area contributed by atoms with Crippen LogP contribution in [0.3, 0.4) is 0 Å². The maximum Gasteiger partial charge on any atom is 0.187 e. The fourth-order valence-electron chi connectivity index (χ4n) is 5.24. The number of methoxy groups -OCH3 is 1. The van der Waals surface area contributed by atoms with E-state index in [1.807, 2.05) is 43.3 Å². The lowest BCUT2D eigenvalue weighted by Crippen LogP contribution is -2.58. The predicted molar refractivity (Wildman–Crippen MR) is 106 cm³/mol. The van der Waals surface area contributed by atoms with Crippen LogP contribution in [0.2, 0.25) is 0 Å². The van der Waals surface area contributed by atoms with Crippen molar-refractivity contribution < 1.29 is 18.5 Å². The average molecular weight is 392 g/mol. The number of hydrogen-bond acceptors (Lipinski definition) is 4. The predicted octanol–water partition coefficient (Wildman–Crippen LogP) is 3.75. The summed E-state index contributed by atoms with van der Waals surface area (Å²) in [5, 5.41) is 0. The van der Waals surface area contributed by atoms with E-state index in [4.69, 9.17) is 4.74 Å². The number of hydrogen-bond donors (Lipinski definition) is 0. The van der Waals surface area contributed by atoms with E-state index in [2.05, 4.69) is 0 Å². The van der Waals surface area contributed by atoms with Crippen molar-refractivity contribution in [1.29, 1.82) is 0 Å². The van der Waals surface area contributed by atoms with Crippen LogP contribution in [0.15, 0.2) is 59.5 Å². The molecule has 1 saturated carbocycles. The molecule has 0 heterocycles. The molecule has 5 rings (SSSR count). The van der Waals surface area contributed by atoms with Crippen molar-refractivity contribution in [2.24, 2.45) is 17.8 Å². The second kappa shape index (κ2) is 5.98. The zero-order valence-corrected chi connectivity index (χ0v) is 16.5. The molecule has 1 unspecified atom stereocenters. The lowest BCUT2D eigenvalue weighted by Gasteiger charge is -2.42. The van der Waals surface area contributed by atoms with Gasteiger partial charge in [-0.15, -0.1) is 0 Å². The molecule has 2 bridgehead atoms. The summed E-state index contributed by atoms with van der Waals surface area (Å²) in [6, 6.07) is 12.5.